The molecule has 0 atom stereocenters. The standard InChI is InChI=1S/C38H38O5S6/c1-3-17-40-35-27-9-5-10-28(35)47-32-14-8-16-34-38(32)43-22-26-45-24-20-39-19-23-44-25-21-42-37-31(46-27)13-7-15-33(37)48-29-11-6-12-30(49-34)36(29)41-18-4-2/h3-16H,1-2,17-26H2. The third-order valence-electron chi connectivity index (χ3n) is 7.03. The normalized spacial score (nSPS) is 15.6. The summed E-state index contributed by atoms with van der Waals surface area (Å²) < 4.78 is 32.1. The lowest BCUT2D eigenvalue weighted by Gasteiger charge is -2.21. The molecular weight excluding hydrogens is 729 g/mol. The van der Waals surface area contributed by atoms with E-state index in [2.05, 4.69) is 86.0 Å². The van der Waals surface area contributed by atoms with Gasteiger partial charge in [0.05, 0.1) is 65.6 Å². The van der Waals surface area contributed by atoms with Gasteiger partial charge in [0.2, 0.25) is 0 Å². The van der Waals surface area contributed by atoms with E-state index in [1.807, 2.05) is 23.5 Å². The molecule has 0 spiro atoms. The molecule has 11 heteroatoms. The molecule has 0 radical (unpaired) electrons. The lowest BCUT2D eigenvalue weighted by atomic mass is 10.3. The third-order valence-corrected chi connectivity index (χ3v) is 13.2. The molecule has 0 saturated heterocycles. The molecule has 49 heavy (non-hydrogen) atoms. The van der Waals surface area contributed by atoms with Crippen LogP contribution in [0.25, 0.3) is 0 Å². The van der Waals surface area contributed by atoms with Crippen LogP contribution in [0.1, 0.15) is 0 Å². The zero-order chi connectivity index (χ0) is 33.7. The van der Waals surface area contributed by atoms with Crippen molar-refractivity contribution in [3.05, 3.63) is 98.1 Å². The predicted octanol–water partition coefficient (Wildman–Crippen LogP) is 11.0. The number of benzene rings is 4. The predicted molar refractivity (Wildman–Crippen MR) is 210 cm³/mol. The van der Waals surface area contributed by atoms with Crippen molar-refractivity contribution in [2.75, 3.05) is 62.7 Å². The Kier molecular flexibility index (Phi) is 14.3. The van der Waals surface area contributed by atoms with Crippen LogP contribution < -0.4 is 18.9 Å². The van der Waals surface area contributed by atoms with E-state index >= 15 is 0 Å². The molecule has 10 bridgehead atoms. The molecule has 0 aromatic heterocycles. The van der Waals surface area contributed by atoms with Crippen LogP contribution in [0, 0.1) is 0 Å². The van der Waals surface area contributed by atoms with Crippen molar-refractivity contribution >= 4 is 70.6 Å². The monoisotopic (exact) mass is 766 g/mol. The van der Waals surface area contributed by atoms with Crippen molar-refractivity contribution in [1.29, 1.82) is 0 Å². The minimum Gasteiger partial charge on any atom is -0.490 e. The smallest absolute Gasteiger partial charge is 0.147 e. The van der Waals surface area contributed by atoms with Gasteiger partial charge in [-0.05, 0) is 48.5 Å². The first-order valence-corrected chi connectivity index (χ1v) is 21.5. The summed E-state index contributed by atoms with van der Waals surface area (Å²) in [4.78, 5) is 8.06. The Hall–Kier alpha value is -2.38. The first-order chi connectivity index (χ1) is 24.2. The van der Waals surface area contributed by atoms with Gasteiger partial charge in [0, 0.05) is 23.0 Å². The van der Waals surface area contributed by atoms with Gasteiger partial charge < -0.3 is 23.7 Å². The lowest BCUT2D eigenvalue weighted by Crippen LogP contribution is -2.07. The molecule has 5 nitrogen and oxygen atoms in total. The highest BCUT2D eigenvalue weighted by molar-refractivity contribution is 8.01. The summed E-state index contributed by atoms with van der Waals surface area (Å²) in [5.74, 6) is 6.90. The van der Waals surface area contributed by atoms with Gasteiger partial charge in [0.25, 0.3) is 0 Å². The summed E-state index contributed by atoms with van der Waals surface area (Å²) in [5, 5.41) is 0. The molecule has 4 aromatic carbocycles. The number of rotatable bonds is 6. The molecule has 0 saturated carbocycles. The van der Waals surface area contributed by atoms with Crippen molar-refractivity contribution < 1.29 is 23.7 Å². The average molecular weight is 767 g/mol. The Bertz CT molecular complexity index is 1520. The number of thioether (sulfide) groups is 2. The van der Waals surface area contributed by atoms with Gasteiger partial charge in [-0.25, -0.2) is 0 Å². The SMILES string of the molecule is C=CCOc1c2cccc1Sc1cccc3c1OCCSCCOCCSCCOc1c(cccc1Sc1cccc(c1OCC=C)S3)S2. The molecule has 6 rings (SSSR count). The molecule has 0 amide bonds. The van der Waals surface area contributed by atoms with Crippen LogP contribution in [0.4, 0.5) is 0 Å². The number of ether oxygens (including phenoxy) is 5. The lowest BCUT2D eigenvalue weighted by molar-refractivity contribution is 0.167. The largest absolute Gasteiger partial charge is 0.490 e. The fourth-order valence-corrected chi connectivity index (χ4v) is 10.7. The van der Waals surface area contributed by atoms with Crippen LogP contribution in [0.2, 0.25) is 0 Å². The van der Waals surface area contributed by atoms with Crippen molar-refractivity contribution in [2.24, 2.45) is 0 Å². The first-order valence-electron chi connectivity index (χ1n) is 15.9. The van der Waals surface area contributed by atoms with Crippen LogP contribution in [0.3, 0.4) is 0 Å². The van der Waals surface area contributed by atoms with E-state index in [4.69, 9.17) is 23.7 Å². The second-order valence-corrected chi connectivity index (χ2v) is 17.3. The van der Waals surface area contributed by atoms with E-state index in [1.54, 1.807) is 59.2 Å². The van der Waals surface area contributed by atoms with Gasteiger partial charge in [-0.15, -0.1) is 0 Å². The molecule has 0 unspecified atom stereocenters. The van der Waals surface area contributed by atoms with E-state index in [0.717, 1.165) is 98.4 Å². The van der Waals surface area contributed by atoms with Gasteiger partial charge in [-0.3, -0.25) is 0 Å². The highest BCUT2D eigenvalue weighted by atomic mass is 32.2. The summed E-state index contributed by atoms with van der Waals surface area (Å²) in [6.45, 7) is 11.3. The molecule has 2 aliphatic heterocycles. The summed E-state index contributed by atoms with van der Waals surface area (Å²) in [6.07, 6.45) is 3.57. The summed E-state index contributed by atoms with van der Waals surface area (Å²) in [6, 6.07) is 25.3. The van der Waals surface area contributed by atoms with Crippen molar-refractivity contribution in [3.8, 4) is 23.0 Å². The maximum atomic E-state index is 6.67. The highest BCUT2D eigenvalue weighted by Crippen LogP contribution is 2.53. The Morgan fingerprint density at radius 3 is 1.16 bits per heavy atom. The zero-order valence-corrected chi connectivity index (χ0v) is 32.0. The van der Waals surface area contributed by atoms with Crippen LogP contribution in [-0.2, 0) is 4.74 Å². The van der Waals surface area contributed by atoms with Crippen LogP contribution in [0.15, 0.2) is 137 Å². The van der Waals surface area contributed by atoms with Crippen molar-refractivity contribution in [3.63, 3.8) is 0 Å². The molecule has 0 fully saturated rings. The van der Waals surface area contributed by atoms with Gasteiger partial charge in [0.15, 0.2) is 0 Å². The topological polar surface area (TPSA) is 46.2 Å². The Morgan fingerprint density at radius 2 is 0.816 bits per heavy atom. The van der Waals surface area contributed by atoms with E-state index in [1.165, 1.54) is 0 Å². The van der Waals surface area contributed by atoms with Crippen LogP contribution >= 0.6 is 70.6 Å². The molecule has 256 valence electrons. The first kappa shape index (κ1) is 36.4. The quantitative estimate of drug-likeness (QED) is 0.155. The number of hydrogen-bond acceptors (Lipinski definition) is 11. The van der Waals surface area contributed by atoms with Gasteiger partial charge >= 0.3 is 0 Å². The molecular formula is C38H38O5S6. The number of fused-ring (bicyclic) bond motifs is 2. The minimum absolute atomic E-state index is 0.393. The van der Waals surface area contributed by atoms with Crippen LogP contribution in [0.5, 0.6) is 23.0 Å². The van der Waals surface area contributed by atoms with Gasteiger partial charge in [0.1, 0.15) is 36.2 Å². The molecule has 0 N–H and O–H groups in total. The summed E-state index contributed by atoms with van der Waals surface area (Å²) >= 11 is 10.3. The van der Waals surface area contributed by atoms with Crippen molar-refractivity contribution in [1.82, 2.24) is 0 Å². The van der Waals surface area contributed by atoms with E-state index in [9.17, 15) is 0 Å². The maximum Gasteiger partial charge on any atom is 0.147 e. The molecule has 0 aliphatic carbocycles. The fraction of sp³-hybridized carbons (Fsp3) is 0.263. The zero-order valence-electron chi connectivity index (χ0n) is 27.1. The van der Waals surface area contributed by atoms with E-state index in [0.29, 0.717) is 26.4 Å². The van der Waals surface area contributed by atoms with Gasteiger partial charge in [-0.2, -0.15) is 23.5 Å². The average Bonchev–Trinajstić information content (AvgIpc) is 3.10. The Morgan fingerprint density at radius 1 is 0.490 bits per heavy atom. The van der Waals surface area contributed by atoms with E-state index < -0.39 is 0 Å². The van der Waals surface area contributed by atoms with Crippen LogP contribution in [-0.4, -0.2) is 62.7 Å². The maximum absolute atomic E-state index is 6.67. The summed E-state index contributed by atoms with van der Waals surface area (Å²) in [7, 11) is 0. The molecule has 2 aliphatic rings. The number of para-hydroxylation sites is 4. The second kappa shape index (κ2) is 19.3. The molecule has 2 heterocycles. The van der Waals surface area contributed by atoms with E-state index in [-0.39, 0.29) is 0 Å². The Balaban J connectivity index is 1.54. The van der Waals surface area contributed by atoms with Gasteiger partial charge in [-0.1, -0.05) is 96.6 Å². The fourth-order valence-electron chi connectivity index (χ4n) is 4.90. The molecule has 4 aromatic rings. The third kappa shape index (κ3) is 9.90. The van der Waals surface area contributed by atoms with Crippen molar-refractivity contribution in [2.45, 2.75) is 39.2 Å². The highest BCUT2D eigenvalue weighted by Gasteiger charge is 2.23. The Labute approximate surface area is 315 Å². The summed E-state index contributed by atoms with van der Waals surface area (Å²) in [5.41, 5.74) is 0. The minimum atomic E-state index is 0.393. The second-order valence-electron chi connectivity index (χ2n) is 10.5. The number of hydrogen-bond donors (Lipinski definition) is 0.